The van der Waals surface area contributed by atoms with Gasteiger partial charge in [-0.25, -0.2) is 4.98 Å². The normalized spacial score (nSPS) is 21.8. The number of aryl methyl sites for hydroxylation is 1. The molecule has 0 saturated carbocycles. The van der Waals surface area contributed by atoms with E-state index in [0.29, 0.717) is 6.54 Å². The zero-order valence-corrected chi connectivity index (χ0v) is 9.42. The van der Waals surface area contributed by atoms with Crippen LogP contribution in [0, 0.1) is 0 Å². The Morgan fingerprint density at radius 3 is 3.27 bits per heavy atom. The Morgan fingerprint density at radius 1 is 1.60 bits per heavy atom. The van der Waals surface area contributed by atoms with Gasteiger partial charge in [0.05, 0.1) is 6.61 Å². The summed E-state index contributed by atoms with van der Waals surface area (Å²) in [7, 11) is 0. The molecule has 5 nitrogen and oxygen atoms in total. The predicted molar refractivity (Wildman–Crippen MR) is 59.8 cm³/mol. The molecule has 0 amide bonds. The van der Waals surface area contributed by atoms with Crippen molar-refractivity contribution in [2.45, 2.75) is 18.9 Å². The number of nitrogens with two attached hydrogens (primary N) is 1. The second-order valence-electron chi connectivity index (χ2n) is 3.47. The molecule has 1 fully saturated rings. The minimum atomic E-state index is 0.0617. The van der Waals surface area contributed by atoms with Crippen molar-refractivity contribution < 1.29 is 4.74 Å². The summed E-state index contributed by atoms with van der Waals surface area (Å²) in [4.78, 5) is 4.41. The van der Waals surface area contributed by atoms with Crippen LogP contribution in [0.5, 0.6) is 0 Å². The third kappa shape index (κ3) is 2.93. The van der Waals surface area contributed by atoms with E-state index in [1.807, 2.05) is 11.8 Å². The highest BCUT2D eigenvalue weighted by Crippen LogP contribution is 2.23. The first-order valence-electron chi connectivity index (χ1n) is 5.20. The van der Waals surface area contributed by atoms with Crippen molar-refractivity contribution in [2.75, 3.05) is 24.7 Å². The van der Waals surface area contributed by atoms with E-state index >= 15 is 0 Å². The van der Waals surface area contributed by atoms with E-state index in [1.54, 1.807) is 0 Å². The molecule has 1 aromatic heterocycles. The van der Waals surface area contributed by atoms with Crippen molar-refractivity contribution in [3.05, 3.63) is 11.6 Å². The molecule has 1 aromatic rings. The number of nitrogens with zero attached hydrogens (tertiary/aromatic N) is 2. The Labute approximate surface area is 93.2 Å². The molecule has 15 heavy (non-hydrogen) atoms. The molecule has 2 rings (SSSR count). The summed E-state index contributed by atoms with van der Waals surface area (Å²) in [5.41, 5.74) is 5.44. The topological polar surface area (TPSA) is 76.8 Å². The van der Waals surface area contributed by atoms with Gasteiger partial charge in [0.25, 0.3) is 0 Å². The fourth-order valence-corrected chi connectivity index (χ4v) is 2.31. The highest BCUT2D eigenvalue weighted by atomic mass is 32.2. The fraction of sp³-hybridized carbons (Fsp3) is 0.778. The van der Waals surface area contributed by atoms with Gasteiger partial charge in [-0.3, -0.25) is 5.10 Å². The van der Waals surface area contributed by atoms with Gasteiger partial charge in [-0.1, -0.05) is 0 Å². The maximum Gasteiger partial charge on any atom is 0.180 e. The lowest BCUT2D eigenvalue weighted by Gasteiger charge is -2.19. The van der Waals surface area contributed by atoms with E-state index < -0.39 is 0 Å². The molecule has 0 radical (unpaired) electrons. The number of aromatic nitrogens is 3. The van der Waals surface area contributed by atoms with Crippen molar-refractivity contribution in [2.24, 2.45) is 5.73 Å². The Kier molecular flexibility index (Phi) is 3.99. The number of nitrogens with one attached hydrogen (secondary N) is 1. The average molecular weight is 228 g/mol. The summed E-state index contributed by atoms with van der Waals surface area (Å²) >= 11 is 1.89. The monoisotopic (exact) mass is 228 g/mol. The Morgan fingerprint density at radius 2 is 2.53 bits per heavy atom. The zero-order chi connectivity index (χ0) is 10.5. The minimum Gasteiger partial charge on any atom is -0.368 e. The standard InChI is InChI=1S/C9H16N4OS/c10-3-1-2-8-11-9(13-12-8)7-6-15-5-4-14-7/h7H,1-6,10H2,(H,11,12,13). The maximum absolute atomic E-state index is 5.59. The molecule has 1 atom stereocenters. The van der Waals surface area contributed by atoms with Crippen LogP contribution in [-0.4, -0.2) is 39.8 Å². The summed E-state index contributed by atoms with van der Waals surface area (Å²) in [5.74, 6) is 3.72. The molecule has 1 aliphatic rings. The quantitative estimate of drug-likeness (QED) is 0.784. The highest BCUT2D eigenvalue weighted by Gasteiger charge is 2.20. The van der Waals surface area contributed by atoms with Gasteiger partial charge in [0, 0.05) is 17.9 Å². The van der Waals surface area contributed by atoms with Crippen LogP contribution in [0.2, 0.25) is 0 Å². The van der Waals surface area contributed by atoms with Gasteiger partial charge < -0.3 is 10.5 Å². The van der Waals surface area contributed by atoms with Crippen molar-refractivity contribution in [3.63, 3.8) is 0 Å². The van der Waals surface area contributed by atoms with Crippen molar-refractivity contribution >= 4 is 11.8 Å². The molecule has 6 heteroatoms. The number of rotatable bonds is 4. The molecule has 0 spiro atoms. The van der Waals surface area contributed by atoms with Crippen LogP contribution in [0.25, 0.3) is 0 Å². The molecule has 0 aromatic carbocycles. The Hall–Kier alpha value is -0.590. The lowest BCUT2D eigenvalue weighted by atomic mass is 10.3. The van der Waals surface area contributed by atoms with Gasteiger partial charge >= 0.3 is 0 Å². The van der Waals surface area contributed by atoms with Crippen LogP contribution in [0.4, 0.5) is 0 Å². The number of hydrogen-bond donors (Lipinski definition) is 2. The van der Waals surface area contributed by atoms with Crippen LogP contribution in [0.3, 0.4) is 0 Å². The van der Waals surface area contributed by atoms with E-state index in [-0.39, 0.29) is 6.10 Å². The molecule has 1 unspecified atom stereocenters. The number of hydrogen-bond acceptors (Lipinski definition) is 5. The Bertz CT molecular complexity index is 298. The van der Waals surface area contributed by atoms with Crippen LogP contribution < -0.4 is 5.73 Å². The smallest absolute Gasteiger partial charge is 0.180 e. The van der Waals surface area contributed by atoms with Crippen LogP contribution in [0.1, 0.15) is 24.2 Å². The second kappa shape index (κ2) is 5.48. The van der Waals surface area contributed by atoms with Crippen LogP contribution in [-0.2, 0) is 11.2 Å². The lowest BCUT2D eigenvalue weighted by molar-refractivity contribution is 0.0696. The predicted octanol–water partition coefficient (Wildman–Crippen LogP) is 0.500. The van der Waals surface area contributed by atoms with Crippen molar-refractivity contribution in [3.8, 4) is 0 Å². The largest absolute Gasteiger partial charge is 0.368 e. The summed E-state index contributed by atoms with van der Waals surface area (Å²) in [5, 5.41) is 7.11. The Balaban J connectivity index is 1.93. The molecular weight excluding hydrogens is 212 g/mol. The van der Waals surface area contributed by atoms with E-state index in [1.165, 1.54) is 0 Å². The molecule has 3 N–H and O–H groups in total. The van der Waals surface area contributed by atoms with Crippen molar-refractivity contribution in [1.82, 2.24) is 15.2 Å². The number of aromatic amines is 1. The number of thioether (sulfide) groups is 1. The van der Waals surface area contributed by atoms with E-state index in [0.717, 1.165) is 42.6 Å². The van der Waals surface area contributed by atoms with E-state index in [2.05, 4.69) is 15.2 Å². The molecule has 2 heterocycles. The molecule has 0 bridgehead atoms. The average Bonchev–Trinajstić information content (AvgIpc) is 2.76. The zero-order valence-electron chi connectivity index (χ0n) is 8.61. The third-order valence-corrected chi connectivity index (χ3v) is 3.26. The summed E-state index contributed by atoms with van der Waals surface area (Å²) in [6.07, 6.45) is 1.87. The maximum atomic E-state index is 5.59. The minimum absolute atomic E-state index is 0.0617. The summed E-state index contributed by atoms with van der Waals surface area (Å²) in [6.45, 7) is 1.48. The molecule has 84 valence electrons. The first-order valence-corrected chi connectivity index (χ1v) is 6.36. The highest BCUT2D eigenvalue weighted by molar-refractivity contribution is 7.99. The first-order chi connectivity index (χ1) is 7.40. The molecule has 0 aliphatic carbocycles. The van der Waals surface area contributed by atoms with Gasteiger partial charge in [0.15, 0.2) is 5.82 Å². The third-order valence-electron chi connectivity index (χ3n) is 2.27. The van der Waals surface area contributed by atoms with Gasteiger partial charge in [0.2, 0.25) is 0 Å². The number of ether oxygens (including phenoxy) is 1. The second-order valence-corrected chi connectivity index (χ2v) is 4.62. The summed E-state index contributed by atoms with van der Waals surface area (Å²) in [6, 6.07) is 0. The lowest BCUT2D eigenvalue weighted by Crippen LogP contribution is -2.16. The van der Waals surface area contributed by atoms with Gasteiger partial charge in [0.1, 0.15) is 11.9 Å². The van der Waals surface area contributed by atoms with E-state index in [9.17, 15) is 0 Å². The SMILES string of the molecule is NCCCc1nc(C2CSCCO2)n[nH]1. The fourth-order valence-electron chi connectivity index (χ4n) is 1.47. The van der Waals surface area contributed by atoms with Crippen LogP contribution >= 0.6 is 11.8 Å². The van der Waals surface area contributed by atoms with Gasteiger partial charge in [-0.2, -0.15) is 16.9 Å². The number of H-pyrrole nitrogens is 1. The molecule has 1 saturated heterocycles. The van der Waals surface area contributed by atoms with Gasteiger partial charge in [-0.05, 0) is 13.0 Å². The van der Waals surface area contributed by atoms with Crippen molar-refractivity contribution in [1.29, 1.82) is 0 Å². The molecular formula is C9H16N4OS. The first kappa shape index (κ1) is 10.9. The van der Waals surface area contributed by atoms with Gasteiger partial charge in [-0.15, -0.1) is 0 Å². The molecule has 1 aliphatic heterocycles. The van der Waals surface area contributed by atoms with E-state index in [4.69, 9.17) is 10.5 Å². The summed E-state index contributed by atoms with van der Waals surface area (Å²) < 4.78 is 5.59. The van der Waals surface area contributed by atoms with Crippen LogP contribution in [0.15, 0.2) is 0 Å².